The van der Waals surface area contributed by atoms with Crippen molar-refractivity contribution < 1.29 is 47.7 Å². The standard InChI is InChI=1S/C19H14O2.3C18H18O2.C16H14O2/c1-12-6-4-11-16-17(19(20)21-18(12)16)15-10-5-8-13-7-2-3-9-14(13)15;3*1-10-5-6-14(12(3)7-10)16-15-9-11(2)8-13(4)17(15)20-18(16)19;1-10-6-8-12(9-7-10)14-13-5-3-4-11(2)15(13)18-16(14)17/h2-11,17H,1H3;3*5-9,16H,1-4H3;3-9,14H,1-2H3. The second-order valence-electron chi connectivity index (χ2n) is 27.3. The third-order valence-electron chi connectivity index (χ3n) is 19.3. The van der Waals surface area contributed by atoms with E-state index in [-0.39, 0.29) is 59.4 Å². The third-order valence-corrected chi connectivity index (χ3v) is 19.3. The van der Waals surface area contributed by atoms with Gasteiger partial charge in [-0.3, -0.25) is 24.0 Å². The molecule has 16 rings (SSSR count). The van der Waals surface area contributed by atoms with E-state index >= 15 is 0 Å². The third kappa shape index (κ3) is 13.6. The zero-order chi connectivity index (χ0) is 70.4. The molecule has 99 heavy (non-hydrogen) atoms. The lowest BCUT2D eigenvalue weighted by Gasteiger charge is -2.12. The second-order valence-corrected chi connectivity index (χ2v) is 27.3. The van der Waals surface area contributed by atoms with Crippen LogP contribution in [0.1, 0.15) is 169 Å². The summed E-state index contributed by atoms with van der Waals surface area (Å²) in [5, 5.41) is 2.25. The number of ether oxygens (including phenoxy) is 5. The van der Waals surface area contributed by atoms with Crippen LogP contribution in [0.25, 0.3) is 10.8 Å². The highest BCUT2D eigenvalue weighted by molar-refractivity contribution is 5.97. The zero-order valence-electron chi connectivity index (χ0n) is 58.9. The Balaban J connectivity index is 0.000000118. The maximum Gasteiger partial charge on any atom is 0.323 e. The normalized spacial score (nSPS) is 17.0. The molecule has 10 nitrogen and oxygen atoms in total. The Kier molecular flexibility index (Phi) is 19.1. The van der Waals surface area contributed by atoms with E-state index in [1.165, 1.54) is 22.3 Å². The lowest BCUT2D eigenvalue weighted by Crippen LogP contribution is -2.12. The molecule has 0 aromatic heterocycles. The van der Waals surface area contributed by atoms with E-state index in [1.807, 2.05) is 145 Å². The molecule has 0 aliphatic carbocycles. The van der Waals surface area contributed by atoms with Gasteiger partial charge in [-0.05, 0) is 187 Å². The minimum absolute atomic E-state index is 0.166. The molecule has 0 N–H and O–H groups in total. The number of carbonyl (C=O) groups excluding carboxylic acids is 5. The number of hydrogen-bond acceptors (Lipinski definition) is 10. The van der Waals surface area contributed by atoms with Crippen molar-refractivity contribution in [2.24, 2.45) is 0 Å². The summed E-state index contributed by atoms with van der Waals surface area (Å²) in [6.07, 6.45) is 0. The molecule has 0 radical (unpaired) electrons. The molecule has 11 aromatic carbocycles. The van der Waals surface area contributed by atoms with E-state index in [4.69, 9.17) is 23.7 Å². The lowest BCUT2D eigenvalue weighted by molar-refractivity contribution is -0.134. The molecule has 10 heteroatoms. The molecule has 0 fully saturated rings. The predicted molar refractivity (Wildman–Crippen MR) is 390 cm³/mol. The summed E-state index contributed by atoms with van der Waals surface area (Å²) in [6.45, 7) is 30.4. The number of benzene rings is 11. The van der Waals surface area contributed by atoms with Crippen LogP contribution in [0.5, 0.6) is 28.7 Å². The van der Waals surface area contributed by atoms with E-state index in [0.29, 0.717) is 0 Å². The van der Waals surface area contributed by atoms with E-state index < -0.39 is 0 Å². The zero-order valence-corrected chi connectivity index (χ0v) is 58.9. The van der Waals surface area contributed by atoms with E-state index in [1.54, 1.807) is 0 Å². The average Bonchev–Trinajstić information content (AvgIpc) is 1.66. The van der Waals surface area contributed by atoms with Crippen LogP contribution in [0.4, 0.5) is 0 Å². The van der Waals surface area contributed by atoms with Gasteiger partial charge in [-0.25, -0.2) is 0 Å². The van der Waals surface area contributed by atoms with Gasteiger partial charge in [-0.15, -0.1) is 0 Å². The Bertz CT molecular complexity index is 4780. The number of para-hydroxylation sites is 2. The SMILES string of the molecule is Cc1ccc(C2C(=O)Oc3c(C)cc(C)cc32)c(C)c1.Cc1ccc(C2C(=O)Oc3c(C)cc(C)cc32)c(C)c1.Cc1ccc(C2C(=O)Oc3c(C)cc(C)cc32)c(C)c1.Cc1ccc(C2C(=O)Oc3c(C)cccc32)cc1.Cc1cccc2c1OC(=O)C2c1cccc2ccccc12. The van der Waals surface area contributed by atoms with Crippen LogP contribution in [0.15, 0.2) is 194 Å². The largest absolute Gasteiger partial charge is 0.425 e. The van der Waals surface area contributed by atoms with Gasteiger partial charge in [-0.2, -0.15) is 0 Å². The molecule has 498 valence electrons. The lowest BCUT2D eigenvalue weighted by atomic mass is 9.87. The molecule has 0 spiro atoms. The number of rotatable bonds is 5. The van der Waals surface area contributed by atoms with E-state index in [0.717, 1.165) is 156 Å². The smallest absolute Gasteiger partial charge is 0.323 e. The van der Waals surface area contributed by atoms with Crippen molar-refractivity contribution in [1.82, 2.24) is 0 Å². The summed E-state index contributed by atoms with van der Waals surface area (Å²) in [5.74, 6) is 1.35. The first-order valence-corrected chi connectivity index (χ1v) is 33.7. The molecule has 0 amide bonds. The summed E-state index contributed by atoms with van der Waals surface area (Å²) < 4.78 is 27.4. The Morgan fingerprint density at radius 1 is 0.212 bits per heavy atom. The molecule has 0 bridgehead atoms. The molecule has 5 atom stereocenters. The molecule has 5 aliphatic rings. The first kappa shape index (κ1) is 68.0. The molecular weight excluding hydrogens is 1230 g/mol. The van der Waals surface area contributed by atoms with Crippen LogP contribution in [0.2, 0.25) is 0 Å². The van der Waals surface area contributed by atoms with Crippen LogP contribution in [-0.2, 0) is 24.0 Å². The molecular formula is C89H82O10. The molecule has 5 unspecified atom stereocenters. The first-order valence-electron chi connectivity index (χ1n) is 33.7. The summed E-state index contributed by atoms with van der Waals surface area (Å²) in [6, 6.07) is 65.1. The van der Waals surface area contributed by atoms with Crippen LogP contribution in [0, 0.1) is 104 Å². The molecule has 0 saturated carbocycles. The highest BCUT2D eigenvalue weighted by atomic mass is 16.6. The van der Waals surface area contributed by atoms with Crippen LogP contribution in [-0.4, -0.2) is 29.8 Å². The van der Waals surface area contributed by atoms with Gasteiger partial charge in [0.15, 0.2) is 0 Å². The molecule has 5 heterocycles. The number of aryl methyl sites for hydroxylation is 15. The Labute approximate surface area is 580 Å². The minimum atomic E-state index is -0.328. The number of esters is 5. The van der Waals surface area contributed by atoms with Gasteiger partial charge >= 0.3 is 29.8 Å². The van der Waals surface area contributed by atoms with Crippen LogP contribution in [0.3, 0.4) is 0 Å². The van der Waals surface area contributed by atoms with Crippen molar-refractivity contribution in [2.75, 3.05) is 0 Å². The number of hydrogen-bond donors (Lipinski definition) is 0. The van der Waals surface area contributed by atoms with E-state index in [9.17, 15) is 24.0 Å². The summed E-state index contributed by atoms with van der Waals surface area (Å²) in [7, 11) is 0. The number of carbonyl (C=O) groups is 5. The Morgan fingerprint density at radius 3 is 0.889 bits per heavy atom. The van der Waals surface area contributed by atoms with Gasteiger partial charge in [0.05, 0.1) is 0 Å². The number of fused-ring (bicyclic) bond motifs is 6. The highest BCUT2D eigenvalue weighted by Gasteiger charge is 2.41. The second kappa shape index (κ2) is 27.9. The summed E-state index contributed by atoms with van der Waals surface area (Å²) >= 11 is 0. The monoisotopic (exact) mass is 1310 g/mol. The molecule has 5 aliphatic heterocycles. The average molecular weight is 1310 g/mol. The van der Waals surface area contributed by atoms with Crippen molar-refractivity contribution in [3.05, 3.63) is 333 Å². The highest BCUT2D eigenvalue weighted by Crippen LogP contribution is 2.48. The first-order chi connectivity index (χ1) is 47.3. The van der Waals surface area contributed by atoms with Crippen molar-refractivity contribution in [3.63, 3.8) is 0 Å². The van der Waals surface area contributed by atoms with Gasteiger partial charge in [-0.1, -0.05) is 233 Å². The van der Waals surface area contributed by atoms with Crippen molar-refractivity contribution in [2.45, 2.75) is 133 Å². The molecule has 11 aromatic rings. The van der Waals surface area contributed by atoms with Crippen molar-refractivity contribution in [1.29, 1.82) is 0 Å². The summed E-state index contributed by atoms with van der Waals surface area (Å²) in [5.41, 5.74) is 26.9. The summed E-state index contributed by atoms with van der Waals surface area (Å²) in [4.78, 5) is 61.4. The minimum Gasteiger partial charge on any atom is -0.425 e. The fraction of sp³-hybridized carbons (Fsp3) is 0.225. The molecule has 0 saturated heterocycles. The van der Waals surface area contributed by atoms with Gasteiger partial charge in [0.1, 0.15) is 58.3 Å². The van der Waals surface area contributed by atoms with E-state index in [2.05, 4.69) is 153 Å². The van der Waals surface area contributed by atoms with Crippen molar-refractivity contribution in [3.8, 4) is 28.7 Å². The maximum atomic E-state index is 12.4. The van der Waals surface area contributed by atoms with Gasteiger partial charge in [0.25, 0.3) is 0 Å². The Morgan fingerprint density at radius 2 is 0.505 bits per heavy atom. The fourth-order valence-corrected chi connectivity index (χ4v) is 14.7. The quantitative estimate of drug-likeness (QED) is 0.121. The van der Waals surface area contributed by atoms with Gasteiger partial charge in [0.2, 0.25) is 0 Å². The Hall–Kier alpha value is -11.0. The maximum absolute atomic E-state index is 12.4. The fourth-order valence-electron chi connectivity index (χ4n) is 14.7. The van der Waals surface area contributed by atoms with Crippen LogP contribution >= 0.6 is 0 Å². The van der Waals surface area contributed by atoms with Gasteiger partial charge < -0.3 is 23.7 Å². The van der Waals surface area contributed by atoms with Gasteiger partial charge in [0, 0.05) is 27.8 Å². The van der Waals surface area contributed by atoms with Crippen LogP contribution < -0.4 is 23.7 Å². The van der Waals surface area contributed by atoms with Crippen molar-refractivity contribution >= 4 is 40.6 Å². The topological polar surface area (TPSA) is 132 Å². The predicted octanol–water partition coefficient (Wildman–Crippen LogP) is 19.5.